The third-order valence-electron chi connectivity index (χ3n) is 4.27. The van der Waals surface area contributed by atoms with Crippen LogP contribution in [-0.4, -0.2) is 23.1 Å². The van der Waals surface area contributed by atoms with Crippen LogP contribution in [0.25, 0.3) is 11.3 Å². The van der Waals surface area contributed by atoms with E-state index in [-0.39, 0.29) is 0 Å². The maximum atomic E-state index is 13.1. The average Bonchev–Trinajstić information content (AvgIpc) is 2.65. The molecule has 0 radical (unpaired) electrons. The first-order valence-corrected chi connectivity index (χ1v) is 9.02. The molecule has 0 fully saturated rings. The quantitative estimate of drug-likeness (QED) is 0.676. The highest BCUT2D eigenvalue weighted by Gasteiger charge is 2.19. The molecule has 4 nitrogen and oxygen atoms in total. The SMILES string of the molecule is CCc1nc(NC(CC)CC)c(OC)nc1-c1cccc(CF)c1Cl. The summed E-state index contributed by atoms with van der Waals surface area (Å²) < 4.78 is 18.6. The molecule has 1 aromatic heterocycles. The number of nitrogens with zero attached hydrogens (tertiary/aromatic N) is 2. The van der Waals surface area contributed by atoms with Gasteiger partial charge in [-0.25, -0.2) is 14.4 Å². The fourth-order valence-electron chi connectivity index (χ4n) is 2.71. The maximum absolute atomic E-state index is 13.1. The van der Waals surface area contributed by atoms with E-state index >= 15 is 0 Å². The molecule has 136 valence electrons. The topological polar surface area (TPSA) is 47.0 Å². The first-order chi connectivity index (χ1) is 12.1. The second-order valence-corrected chi connectivity index (χ2v) is 6.18. The molecule has 2 aromatic rings. The third-order valence-corrected chi connectivity index (χ3v) is 4.71. The van der Waals surface area contributed by atoms with Crippen molar-refractivity contribution in [3.63, 3.8) is 0 Å². The van der Waals surface area contributed by atoms with Crippen molar-refractivity contribution in [2.75, 3.05) is 12.4 Å². The Hall–Kier alpha value is -1.88. The minimum absolute atomic E-state index is 0.303. The van der Waals surface area contributed by atoms with Crippen molar-refractivity contribution in [3.8, 4) is 17.1 Å². The number of anilines is 1. The summed E-state index contributed by atoms with van der Waals surface area (Å²) >= 11 is 6.37. The van der Waals surface area contributed by atoms with E-state index in [9.17, 15) is 4.39 Å². The third kappa shape index (κ3) is 4.21. The molecule has 1 heterocycles. The highest BCUT2D eigenvalue weighted by Crippen LogP contribution is 2.35. The van der Waals surface area contributed by atoms with Gasteiger partial charge < -0.3 is 10.1 Å². The van der Waals surface area contributed by atoms with Gasteiger partial charge in [0.1, 0.15) is 6.67 Å². The molecule has 0 atom stereocenters. The van der Waals surface area contributed by atoms with Crippen molar-refractivity contribution in [3.05, 3.63) is 34.5 Å². The van der Waals surface area contributed by atoms with E-state index in [0.29, 0.717) is 46.0 Å². The summed E-state index contributed by atoms with van der Waals surface area (Å²) in [4.78, 5) is 9.36. The van der Waals surface area contributed by atoms with E-state index in [4.69, 9.17) is 21.3 Å². The lowest BCUT2D eigenvalue weighted by atomic mass is 10.1. The van der Waals surface area contributed by atoms with Gasteiger partial charge in [-0.2, -0.15) is 0 Å². The van der Waals surface area contributed by atoms with Crippen LogP contribution in [0.5, 0.6) is 5.88 Å². The van der Waals surface area contributed by atoms with Crippen LogP contribution in [0.15, 0.2) is 18.2 Å². The molecule has 0 saturated carbocycles. The smallest absolute Gasteiger partial charge is 0.257 e. The number of hydrogen-bond donors (Lipinski definition) is 1. The van der Waals surface area contributed by atoms with Gasteiger partial charge in [0.15, 0.2) is 5.82 Å². The average molecular weight is 366 g/mol. The number of ether oxygens (including phenoxy) is 1. The van der Waals surface area contributed by atoms with Crippen LogP contribution in [-0.2, 0) is 13.1 Å². The summed E-state index contributed by atoms with van der Waals surface area (Å²) in [5, 5.41) is 3.77. The molecule has 1 N–H and O–H groups in total. The van der Waals surface area contributed by atoms with E-state index in [1.165, 1.54) is 0 Å². The number of nitrogens with one attached hydrogen (secondary N) is 1. The molecule has 0 aliphatic carbocycles. The molecule has 0 saturated heterocycles. The fraction of sp³-hybridized carbons (Fsp3) is 0.474. The van der Waals surface area contributed by atoms with Crippen LogP contribution in [0.3, 0.4) is 0 Å². The molecule has 0 spiro atoms. The summed E-state index contributed by atoms with van der Waals surface area (Å²) in [6, 6.07) is 5.58. The lowest BCUT2D eigenvalue weighted by Gasteiger charge is -2.19. The molecule has 2 rings (SSSR count). The minimum atomic E-state index is -0.618. The summed E-state index contributed by atoms with van der Waals surface area (Å²) in [7, 11) is 1.57. The Bertz CT molecular complexity index is 720. The first-order valence-electron chi connectivity index (χ1n) is 8.64. The molecule has 6 heteroatoms. The molecular formula is C19H25ClFN3O. The zero-order chi connectivity index (χ0) is 18.4. The summed E-state index contributed by atoms with van der Waals surface area (Å²) in [5.41, 5.74) is 2.55. The maximum Gasteiger partial charge on any atom is 0.257 e. The van der Waals surface area contributed by atoms with Gasteiger partial charge in [0.05, 0.1) is 23.5 Å². The molecule has 0 aliphatic rings. The standard InChI is InChI=1S/C19H25ClFN3O/c1-5-13(6-2)22-18-19(25-4)24-17(15(7-3)23-18)14-10-8-9-12(11-21)16(14)20/h8-10,13H,5-7,11H2,1-4H3,(H,22,23). The second-order valence-electron chi connectivity index (χ2n) is 5.80. The molecule has 0 aliphatic heterocycles. The Balaban J connectivity index is 2.57. The number of methoxy groups -OCH3 is 1. The van der Waals surface area contributed by atoms with Crippen LogP contribution in [0, 0.1) is 0 Å². The molecular weight excluding hydrogens is 341 g/mol. The van der Waals surface area contributed by atoms with Crippen LogP contribution in [0.4, 0.5) is 10.2 Å². The number of benzene rings is 1. The van der Waals surface area contributed by atoms with Gasteiger partial charge in [0.25, 0.3) is 5.88 Å². The zero-order valence-electron chi connectivity index (χ0n) is 15.2. The molecule has 0 amide bonds. The first kappa shape index (κ1) is 19.4. The Morgan fingerprint density at radius 3 is 2.48 bits per heavy atom. The Labute approximate surface area is 153 Å². The lowest BCUT2D eigenvalue weighted by Crippen LogP contribution is -2.19. The highest BCUT2D eigenvalue weighted by molar-refractivity contribution is 6.34. The van der Waals surface area contributed by atoms with Gasteiger partial charge in [-0.1, -0.05) is 50.6 Å². The fourth-order valence-corrected chi connectivity index (χ4v) is 2.97. The molecule has 25 heavy (non-hydrogen) atoms. The number of hydrogen-bond acceptors (Lipinski definition) is 4. The second kappa shape index (κ2) is 8.99. The predicted octanol–water partition coefficient (Wildman–Crippen LogP) is 5.44. The summed E-state index contributed by atoms with van der Waals surface area (Å²) in [5.74, 6) is 1.05. The van der Waals surface area contributed by atoms with Gasteiger partial charge >= 0.3 is 0 Å². The largest absolute Gasteiger partial charge is 0.478 e. The van der Waals surface area contributed by atoms with Crippen LogP contribution < -0.4 is 10.1 Å². The van der Waals surface area contributed by atoms with Crippen molar-refractivity contribution in [1.29, 1.82) is 0 Å². The zero-order valence-corrected chi connectivity index (χ0v) is 16.0. The number of rotatable bonds is 8. The number of halogens is 2. The molecule has 0 unspecified atom stereocenters. The minimum Gasteiger partial charge on any atom is -0.478 e. The van der Waals surface area contributed by atoms with Crippen LogP contribution in [0.2, 0.25) is 5.02 Å². The van der Waals surface area contributed by atoms with E-state index in [1.807, 2.05) is 13.0 Å². The number of aryl methyl sites for hydroxylation is 1. The van der Waals surface area contributed by atoms with Gasteiger partial charge in [0.2, 0.25) is 0 Å². The molecule has 1 aromatic carbocycles. The van der Waals surface area contributed by atoms with Crippen molar-refractivity contribution in [1.82, 2.24) is 9.97 Å². The highest BCUT2D eigenvalue weighted by atomic mass is 35.5. The summed E-state index contributed by atoms with van der Waals surface area (Å²) in [6.07, 6.45) is 2.64. The van der Waals surface area contributed by atoms with Gasteiger partial charge in [-0.15, -0.1) is 0 Å². The Morgan fingerprint density at radius 2 is 1.92 bits per heavy atom. The van der Waals surface area contributed by atoms with E-state index in [0.717, 1.165) is 18.5 Å². The molecule has 0 bridgehead atoms. The van der Waals surface area contributed by atoms with E-state index in [1.54, 1.807) is 19.2 Å². The van der Waals surface area contributed by atoms with E-state index in [2.05, 4.69) is 24.1 Å². The van der Waals surface area contributed by atoms with Crippen LogP contribution in [0.1, 0.15) is 44.9 Å². The van der Waals surface area contributed by atoms with Crippen molar-refractivity contribution in [2.45, 2.75) is 52.8 Å². The monoisotopic (exact) mass is 365 g/mol. The Morgan fingerprint density at radius 1 is 1.20 bits per heavy atom. The predicted molar refractivity (Wildman–Crippen MR) is 101 cm³/mol. The summed E-state index contributed by atoms with van der Waals surface area (Å²) in [6.45, 7) is 5.64. The lowest BCUT2D eigenvalue weighted by molar-refractivity contribution is 0.397. The van der Waals surface area contributed by atoms with Gasteiger partial charge in [0, 0.05) is 17.2 Å². The number of aromatic nitrogens is 2. The number of alkyl halides is 1. The Kier molecular flexibility index (Phi) is 7.00. The van der Waals surface area contributed by atoms with Gasteiger partial charge in [-0.05, 0) is 19.3 Å². The van der Waals surface area contributed by atoms with Crippen molar-refractivity contribution >= 4 is 17.4 Å². The van der Waals surface area contributed by atoms with Crippen LogP contribution >= 0.6 is 11.6 Å². The van der Waals surface area contributed by atoms with E-state index < -0.39 is 6.67 Å². The van der Waals surface area contributed by atoms with Crippen molar-refractivity contribution in [2.24, 2.45) is 0 Å². The van der Waals surface area contributed by atoms with Gasteiger partial charge in [-0.3, -0.25) is 0 Å². The van der Waals surface area contributed by atoms with Crippen molar-refractivity contribution < 1.29 is 9.13 Å². The normalized spacial score (nSPS) is 11.0.